The number of amides is 3. The number of carbonyl (C=O) groups excluding carboxylic acids is 2. The van der Waals surface area contributed by atoms with Gasteiger partial charge in [-0.05, 0) is 54.6 Å². The zero-order valence-electron chi connectivity index (χ0n) is 17.7. The van der Waals surface area contributed by atoms with Crippen LogP contribution in [-0.4, -0.2) is 59.9 Å². The summed E-state index contributed by atoms with van der Waals surface area (Å²) in [7, 11) is 1.97. The van der Waals surface area contributed by atoms with E-state index in [1.807, 2.05) is 48.3 Å². The average Bonchev–Trinajstić information content (AvgIpc) is 2.84. The third-order valence-electron chi connectivity index (χ3n) is 5.48. The highest BCUT2D eigenvalue weighted by Crippen LogP contribution is 2.23. The minimum absolute atomic E-state index is 0.0296. The van der Waals surface area contributed by atoms with E-state index in [2.05, 4.69) is 10.3 Å². The van der Waals surface area contributed by atoms with Crippen molar-refractivity contribution in [1.29, 1.82) is 0 Å². The molecule has 164 valence electrons. The molecule has 1 N–H and O–H groups in total. The first-order valence-electron chi connectivity index (χ1n) is 10.4. The summed E-state index contributed by atoms with van der Waals surface area (Å²) < 4.78 is 0. The molecule has 0 bridgehead atoms. The van der Waals surface area contributed by atoms with Crippen molar-refractivity contribution >= 4 is 40.6 Å². The molecule has 1 aliphatic rings. The molecule has 0 saturated carbocycles. The first-order chi connectivity index (χ1) is 15.5. The van der Waals surface area contributed by atoms with Crippen LogP contribution in [0.5, 0.6) is 0 Å². The molecule has 2 aromatic carbocycles. The van der Waals surface area contributed by atoms with Crippen molar-refractivity contribution in [2.45, 2.75) is 0 Å². The molecule has 2 heterocycles. The van der Waals surface area contributed by atoms with Crippen LogP contribution in [0.3, 0.4) is 0 Å². The van der Waals surface area contributed by atoms with Crippen LogP contribution >= 0.6 is 11.6 Å². The number of urea groups is 1. The molecular weight excluding hydrogens is 426 g/mol. The van der Waals surface area contributed by atoms with Crippen molar-refractivity contribution in [3.63, 3.8) is 0 Å². The lowest BCUT2D eigenvalue weighted by Gasteiger charge is -2.34. The van der Waals surface area contributed by atoms with Gasteiger partial charge in [0.05, 0.1) is 0 Å². The monoisotopic (exact) mass is 449 g/mol. The Labute approximate surface area is 192 Å². The van der Waals surface area contributed by atoms with Gasteiger partial charge in [0.25, 0.3) is 5.91 Å². The van der Waals surface area contributed by atoms with Gasteiger partial charge in [-0.25, -0.2) is 4.79 Å². The number of rotatable bonds is 4. The Morgan fingerprint density at radius 1 is 0.906 bits per heavy atom. The maximum absolute atomic E-state index is 12.9. The number of benzene rings is 2. The van der Waals surface area contributed by atoms with Crippen LogP contribution in [0, 0.1) is 0 Å². The van der Waals surface area contributed by atoms with Crippen molar-refractivity contribution in [3.8, 4) is 0 Å². The van der Waals surface area contributed by atoms with Crippen molar-refractivity contribution in [3.05, 3.63) is 83.6 Å². The summed E-state index contributed by atoms with van der Waals surface area (Å²) in [5.41, 5.74) is 3.29. The molecule has 3 aromatic rings. The van der Waals surface area contributed by atoms with Crippen LogP contribution in [0.25, 0.3) is 0 Å². The summed E-state index contributed by atoms with van der Waals surface area (Å²) in [6, 6.07) is 18.3. The second-order valence-corrected chi connectivity index (χ2v) is 7.97. The Balaban J connectivity index is 1.32. The number of aromatic nitrogens is 1. The summed E-state index contributed by atoms with van der Waals surface area (Å²) in [4.78, 5) is 35.0. The zero-order valence-corrected chi connectivity index (χ0v) is 18.5. The van der Waals surface area contributed by atoms with Gasteiger partial charge in [0.1, 0.15) is 0 Å². The van der Waals surface area contributed by atoms with Gasteiger partial charge in [-0.2, -0.15) is 0 Å². The van der Waals surface area contributed by atoms with Gasteiger partial charge in [-0.15, -0.1) is 0 Å². The van der Waals surface area contributed by atoms with Crippen LogP contribution in [0.4, 0.5) is 21.9 Å². The summed E-state index contributed by atoms with van der Waals surface area (Å²) >= 11 is 5.97. The predicted octanol–water partition coefficient (Wildman–Crippen LogP) is 4.49. The number of anilines is 3. The SMILES string of the molecule is CN(c1ccncc1)c1ccc(C(=O)N2CCN(C(=O)Nc3cccc(Cl)c3)CC2)cc1. The quantitative estimate of drug-likeness (QED) is 0.637. The number of piperazine rings is 1. The molecule has 1 aliphatic heterocycles. The molecular formula is C24H24ClN5O2. The van der Waals surface area contributed by atoms with Crippen molar-refractivity contribution in [2.24, 2.45) is 0 Å². The summed E-state index contributed by atoms with van der Waals surface area (Å²) in [5, 5.41) is 3.41. The molecule has 1 aromatic heterocycles. The van der Waals surface area contributed by atoms with Crippen LogP contribution in [0.15, 0.2) is 73.1 Å². The van der Waals surface area contributed by atoms with Crippen LogP contribution < -0.4 is 10.2 Å². The standard InChI is InChI=1S/C24H24ClN5O2/c1-28(22-9-11-26-12-10-22)21-7-5-18(6-8-21)23(31)29-13-15-30(16-14-29)24(32)27-20-4-2-3-19(25)17-20/h2-12,17H,13-16H2,1H3,(H,27,32). The highest BCUT2D eigenvalue weighted by atomic mass is 35.5. The maximum Gasteiger partial charge on any atom is 0.321 e. The molecule has 0 spiro atoms. The van der Waals surface area contributed by atoms with Gasteiger partial charge < -0.3 is 20.0 Å². The number of nitrogens with zero attached hydrogens (tertiary/aromatic N) is 4. The van der Waals surface area contributed by atoms with Crippen LogP contribution in [0.2, 0.25) is 5.02 Å². The van der Waals surface area contributed by atoms with E-state index in [1.54, 1.807) is 46.5 Å². The number of nitrogens with one attached hydrogen (secondary N) is 1. The first-order valence-corrected chi connectivity index (χ1v) is 10.7. The minimum atomic E-state index is -0.192. The van der Waals surface area contributed by atoms with Crippen molar-refractivity contribution in [2.75, 3.05) is 43.4 Å². The molecule has 0 radical (unpaired) electrons. The molecule has 32 heavy (non-hydrogen) atoms. The Morgan fingerprint density at radius 3 is 2.19 bits per heavy atom. The van der Waals surface area contributed by atoms with E-state index < -0.39 is 0 Å². The first kappa shape index (κ1) is 21.6. The van der Waals surface area contributed by atoms with Crippen molar-refractivity contribution in [1.82, 2.24) is 14.8 Å². The second kappa shape index (κ2) is 9.70. The molecule has 8 heteroatoms. The van der Waals surface area contributed by atoms with E-state index in [0.717, 1.165) is 11.4 Å². The van der Waals surface area contributed by atoms with E-state index in [0.29, 0.717) is 42.5 Å². The summed E-state index contributed by atoms with van der Waals surface area (Å²) in [6.45, 7) is 1.92. The van der Waals surface area contributed by atoms with E-state index in [4.69, 9.17) is 11.6 Å². The maximum atomic E-state index is 12.9. The van der Waals surface area contributed by atoms with E-state index >= 15 is 0 Å². The third-order valence-corrected chi connectivity index (χ3v) is 5.72. The molecule has 7 nitrogen and oxygen atoms in total. The number of hydrogen-bond acceptors (Lipinski definition) is 4. The van der Waals surface area contributed by atoms with Crippen molar-refractivity contribution < 1.29 is 9.59 Å². The Morgan fingerprint density at radius 2 is 1.53 bits per heavy atom. The van der Waals surface area contributed by atoms with Crippen LogP contribution in [0.1, 0.15) is 10.4 Å². The fraction of sp³-hybridized carbons (Fsp3) is 0.208. The molecule has 3 amide bonds. The van der Waals surface area contributed by atoms with Gasteiger partial charge >= 0.3 is 6.03 Å². The molecule has 4 rings (SSSR count). The number of carbonyl (C=O) groups is 2. The molecule has 0 unspecified atom stereocenters. The van der Waals surface area contributed by atoms with E-state index in [-0.39, 0.29) is 11.9 Å². The van der Waals surface area contributed by atoms with Crippen LogP contribution in [-0.2, 0) is 0 Å². The predicted molar refractivity (Wildman–Crippen MR) is 127 cm³/mol. The highest BCUT2D eigenvalue weighted by Gasteiger charge is 2.25. The Bertz CT molecular complexity index is 1080. The third kappa shape index (κ3) is 5.00. The summed E-state index contributed by atoms with van der Waals surface area (Å²) in [6.07, 6.45) is 3.50. The van der Waals surface area contributed by atoms with Gasteiger partial charge in [0, 0.05) is 73.3 Å². The number of hydrogen-bond donors (Lipinski definition) is 1. The number of halogens is 1. The van der Waals surface area contributed by atoms with Gasteiger partial charge in [0.2, 0.25) is 0 Å². The van der Waals surface area contributed by atoms with E-state index in [1.165, 1.54) is 0 Å². The number of pyridine rings is 1. The zero-order chi connectivity index (χ0) is 22.5. The van der Waals surface area contributed by atoms with Gasteiger partial charge in [-0.3, -0.25) is 9.78 Å². The lowest BCUT2D eigenvalue weighted by molar-refractivity contribution is 0.0671. The van der Waals surface area contributed by atoms with Gasteiger partial charge in [-0.1, -0.05) is 17.7 Å². The Hall–Kier alpha value is -3.58. The minimum Gasteiger partial charge on any atom is -0.345 e. The summed E-state index contributed by atoms with van der Waals surface area (Å²) in [5.74, 6) is -0.0296. The van der Waals surface area contributed by atoms with E-state index in [9.17, 15) is 9.59 Å². The lowest BCUT2D eigenvalue weighted by atomic mass is 10.1. The smallest absolute Gasteiger partial charge is 0.321 e. The fourth-order valence-electron chi connectivity index (χ4n) is 3.61. The molecule has 1 fully saturated rings. The molecule has 1 saturated heterocycles. The highest BCUT2D eigenvalue weighted by molar-refractivity contribution is 6.30. The lowest BCUT2D eigenvalue weighted by Crippen LogP contribution is -2.51. The Kier molecular flexibility index (Phi) is 6.56. The average molecular weight is 450 g/mol. The van der Waals surface area contributed by atoms with Gasteiger partial charge in [0.15, 0.2) is 0 Å². The topological polar surface area (TPSA) is 68.8 Å². The fourth-order valence-corrected chi connectivity index (χ4v) is 3.80. The molecule has 0 atom stereocenters. The largest absolute Gasteiger partial charge is 0.345 e. The second-order valence-electron chi connectivity index (χ2n) is 7.53. The molecule has 0 aliphatic carbocycles. The normalized spacial score (nSPS) is 13.6.